The molecule has 0 fully saturated rings. The summed E-state index contributed by atoms with van der Waals surface area (Å²) in [6.07, 6.45) is 1.99. The second-order valence-corrected chi connectivity index (χ2v) is 4.81. The van der Waals surface area contributed by atoms with Crippen molar-refractivity contribution in [3.05, 3.63) is 84.4 Å². The van der Waals surface area contributed by atoms with Gasteiger partial charge >= 0.3 is 0 Å². The molecule has 2 aromatic carbocycles. The first kappa shape index (κ1) is 14.5. The second-order valence-electron chi connectivity index (χ2n) is 4.81. The number of ether oxygens (including phenoxy) is 1. The van der Waals surface area contributed by atoms with E-state index < -0.39 is 0 Å². The highest BCUT2D eigenvalue weighted by atomic mass is 16.5. The molecule has 104 valence electrons. The van der Waals surface area contributed by atoms with Crippen LogP contribution in [0, 0.1) is 0 Å². The molecule has 0 heterocycles. The highest BCUT2D eigenvalue weighted by Crippen LogP contribution is 2.19. The molecule has 2 atom stereocenters. The summed E-state index contributed by atoms with van der Waals surface area (Å²) in [6.45, 7) is 4.88. The highest BCUT2D eigenvalue weighted by Gasteiger charge is 2.22. The molecule has 0 saturated carbocycles. The van der Waals surface area contributed by atoms with Crippen LogP contribution in [-0.2, 0) is 11.3 Å². The standard InChI is InChI=1S/C18H21NO/c1-3-17(19-14-15-10-6-4-7-11-15)18(20-2)16-12-8-5-9-13-16/h3-13,17-19H,1,14H2,2H3/p+1. The largest absolute Gasteiger partial charge is 0.370 e. The van der Waals surface area contributed by atoms with Crippen LogP contribution in [0.4, 0.5) is 0 Å². The number of benzene rings is 2. The molecule has 0 aliphatic rings. The minimum absolute atomic E-state index is 0.0254. The smallest absolute Gasteiger partial charge is 0.137 e. The third-order valence-electron chi connectivity index (χ3n) is 3.47. The van der Waals surface area contributed by atoms with Crippen molar-refractivity contribution in [2.75, 3.05) is 7.11 Å². The van der Waals surface area contributed by atoms with E-state index in [4.69, 9.17) is 4.74 Å². The maximum absolute atomic E-state index is 5.68. The topological polar surface area (TPSA) is 25.8 Å². The zero-order chi connectivity index (χ0) is 14.2. The molecular formula is C18H22NO+. The van der Waals surface area contributed by atoms with Crippen molar-refractivity contribution < 1.29 is 10.1 Å². The molecule has 0 amide bonds. The third kappa shape index (κ3) is 3.80. The maximum Gasteiger partial charge on any atom is 0.137 e. The summed E-state index contributed by atoms with van der Waals surface area (Å²) < 4.78 is 5.68. The van der Waals surface area contributed by atoms with Gasteiger partial charge < -0.3 is 10.1 Å². The molecule has 0 spiro atoms. The molecule has 0 bridgehead atoms. The number of rotatable bonds is 7. The minimum Gasteiger partial charge on any atom is -0.370 e. The second kappa shape index (κ2) is 7.63. The average molecular weight is 268 g/mol. The predicted octanol–water partition coefficient (Wildman–Crippen LogP) is 2.69. The van der Waals surface area contributed by atoms with Gasteiger partial charge in [-0.05, 0) is 11.6 Å². The van der Waals surface area contributed by atoms with E-state index in [0.717, 1.165) is 6.54 Å². The van der Waals surface area contributed by atoms with Crippen LogP contribution in [0.15, 0.2) is 73.3 Å². The summed E-state index contributed by atoms with van der Waals surface area (Å²) in [5, 5.41) is 2.27. The van der Waals surface area contributed by atoms with Crippen molar-refractivity contribution in [1.82, 2.24) is 0 Å². The van der Waals surface area contributed by atoms with Gasteiger partial charge in [0.15, 0.2) is 0 Å². The summed E-state index contributed by atoms with van der Waals surface area (Å²) >= 11 is 0. The SMILES string of the molecule is C=CC([NH2+]Cc1ccccc1)C(OC)c1ccccc1. The average Bonchev–Trinajstić information content (AvgIpc) is 2.53. The summed E-state index contributed by atoms with van der Waals surface area (Å²) in [6, 6.07) is 20.9. The van der Waals surface area contributed by atoms with Gasteiger partial charge in [0.05, 0.1) is 0 Å². The molecule has 2 unspecified atom stereocenters. The van der Waals surface area contributed by atoms with E-state index in [0.29, 0.717) is 0 Å². The Bertz CT molecular complexity index is 509. The zero-order valence-corrected chi connectivity index (χ0v) is 11.9. The number of quaternary nitrogens is 1. The van der Waals surface area contributed by atoms with Crippen molar-refractivity contribution >= 4 is 0 Å². The predicted molar refractivity (Wildman–Crippen MR) is 82.2 cm³/mol. The quantitative estimate of drug-likeness (QED) is 0.768. The molecule has 2 nitrogen and oxygen atoms in total. The van der Waals surface area contributed by atoms with Gasteiger partial charge in [-0.1, -0.05) is 67.2 Å². The van der Waals surface area contributed by atoms with Gasteiger partial charge in [-0.2, -0.15) is 0 Å². The molecule has 2 N–H and O–H groups in total. The lowest BCUT2D eigenvalue weighted by atomic mass is 10.0. The van der Waals surface area contributed by atoms with E-state index in [1.54, 1.807) is 7.11 Å². The molecule has 0 aliphatic carbocycles. The summed E-state index contributed by atoms with van der Waals surface area (Å²) in [5.74, 6) is 0. The first-order chi connectivity index (χ1) is 9.85. The lowest BCUT2D eigenvalue weighted by Crippen LogP contribution is -2.89. The fourth-order valence-electron chi connectivity index (χ4n) is 2.39. The zero-order valence-electron chi connectivity index (χ0n) is 11.9. The number of hydrogen-bond donors (Lipinski definition) is 1. The fourth-order valence-corrected chi connectivity index (χ4v) is 2.39. The van der Waals surface area contributed by atoms with Gasteiger partial charge in [-0.3, -0.25) is 0 Å². The first-order valence-electron chi connectivity index (χ1n) is 6.92. The van der Waals surface area contributed by atoms with Crippen molar-refractivity contribution in [3.8, 4) is 0 Å². The number of hydrogen-bond acceptors (Lipinski definition) is 1. The van der Waals surface area contributed by atoms with E-state index in [1.807, 2.05) is 30.3 Å². The highest BCUT2D eigenvalue weighted by molar-refractivity contribution is 5.20. The lowest BCUT2D eigenvalue weighted by Gasteiger charge is -2.22. The van der Waals surface area contributed by atoms with Gasteiger partial charge in [0.25, 0.3) is 0 Å². The van der Waals surface area contributed by atoms with Gasteiger partial charge in [-0.25, -0.2) is 0 Å². The van der Waals surface area contributed by atoms with Crippen molar-refractivity contribution in [2.45, 2.75) is 18.7 Å². The van der Waals surface area contributed by atoms with Crippen LogP contribution < -0.4 is 5.32 Å². The Kier molecular flexibility index (Phi) is 5.54. The third-order valence-corrected chi connectivity index (χ3v) is 3.47. The molecule has 2 heteroatoms. The number of methoxy groups -OCH3 is 1. The molecular weight excluding hydrogens is 246 g/mol. The maximum atomic E-state index is 5.68. The monoisotopic (exact) mass is 268 g/mol. The summed E-state index contributed by atoms with van der Waals surface area (Å²) in [4.78, 5) is 0. The van der Waals surface area contributed by atoms with E-state index in [1.165, 1.54) is 11.1 Å². The molecule has 20 heavy (non-hydrogen) atoms. The van der Waals surface area contributed by atoms with E-state index >= 15 is 0 Å². The van der Waals surface area contributed by atoms with E-state index in [2.05, 4.69) is 48.3 Å². The van der Waals surface area contributed by atoms with Crippen LogP contribution in [0.25, 0.3) is 0 Å². The Morgan fingerprint density at radius 1 is 1.05 bits per heavy atom. The van der Waals surface area contributed by atoms with Gasteiger partial charge in [-0.15, -0.1) is 0 Å². The van der Waals surface area contributed by atoms with Crippen LogP contribution in [0.1, 0.15) is 17.2 Å². The Hall–Kier alpha value is -1.90. The van der Waals surface area contributed by atoms with E-state index in [9.17, 15) is 0 Å². The van der Waals surface area contributed by atoms with Gasteiger partial charge in [0, 0.05) is 12.7 Å². The molecule has 0 radical (unpaired) electrons. The van der Waals surface area contributed by atoms with Crippen molar-refractivity contribution in [1.29, 1.82) is 0 Å². The molecule has 0 aromatic heterocycles. The summed E-state index contributed by atoms with van der Waals surface area (Å²) in [7, 11) is 1.75. The fraction of sp³-hybridized carbons (Fsp3) is 0.222. The molecule has 2 aromatic rings. The van der Waals surface area contributed by atoms with Crippen LogP contribution in [0.5, 0.6) is 0 Å². The van der Waals surface area contributed by atoms with Crippen LogP contribution in [-0.4, -0.2) is 13.2 Å². The number of nitrogens with two attached hydrogens (primary N) is 1. The molecule has 0 aliphatic heterocycles. The van der Waals surface area contributed by atoms with Crippen LogP contribution in [0.2, 0.25) is 0 Å². The molecule has 2 rings (SSSR count). The Labute approximate surface area is 121 Å². The molecule has 0 saturated heterocycles. The lowest BCUT2D eigenvalue weighted by molar-refractivity contribution is -0.702. The van der Waals surface area contributed by atoms with Crippen LogP contribution in [0.3, 0.4) is 0 Å². The van der Waals surface area contributed by atoms with Crippen LogP contribution >= 0.6 is 0 Å². The normalized spacial score (nSPS) is 13.7. The Morgan fingerprint density at radius 2 is 1.65 bits per heavy atom. The minimum atomic E-state index is 0.0254. The Morgan fingerprint density at radius 3 is 2.20 bits per heavy atom. The van der Waals surface area contributed by atoms with E-state index in [-0.39, 0.29) is 12.1 Å². The Balaban J connectivity index is 2.04. The van der Waals surface area contributed by atoms with Crippen molar-refractivity contribution in [3.63, 3.8) is 0 Å². The van der Waals surface area contributed by atoms with Crippen molar-refractivity contribution in [2.24, 2.45) is 0 Å². The van der Waals surface area contributed by atoms with Gasteiger partial charge in [0.2, 0.25) is 0 Å². The van der Waals surface area contributed by atoms with Gasteiger partial charge in [0.1, 0.15) is 18.7 Å². The summed E-state index contributed by atoms with van der Waals surface area (Å²) in [5.41, 5.74) is 2.49. The first-order valence-corrected chi connectivity index (χ1v) is 6.92.